The van der Waals surface area contributed by atoms with Crippen molar-refractivity contribution in [1.82, 2.24) is 9.97 Å². The fourth-order valence-electron chi connectivity index (χ4n) is 0.621. The fourth-order valence-corrected chi connectivity index (χ4v) is 0.621. The molecule has 0 amide bonds. The number of nitrogen functional groups attached to an aromatic ring is 1. The third kappa shape index (κ3) is 1.15. The Labute approximate surface area is 58.1 Å². The number of hydrogen-bond acceptors (Lipinski definition) is 3. The molecule has 1 heterocycles. The molecule has 0 aliphatic rings. The molecule has 0 bridgehead atoms. The van der Waals surface area contributed by atoms with E-state index < -0.39 is 0 Å². The number of rotatable bonds is 1. The van der Waals surface area contributed by atoms with Gasteiger partial charge in [0.25, 0.3) is 5.56 Å². The van der Waals surface area contributed by atoms with Gasteiger partial charge in [-0.2, -0.15) is 0 Å². The summed E-state index contributed by atoms with van der Waals surface area (Å²) in [5, 5.41) is 0. The smallest absolute Gasteiger partial charge is 0.274 e. The van der Waals surface area contributed by atoms with E-state index in [9.17, 15) is 4.79 Å². The van der Waals surface area contributed by atoms with Crippen LogP contribution in [0.1, 0.15) is 12.7 Å². The van der Waals surface area contributed by atoms with E-state index in [1.807, 2.05) is 6.92 Å². The molecule has 0 aromatic carbocycles. The lowest BCUT2D eigenvalue weighted by atomic mass is 10.4. The van der Waals surface area contributed by atoms with Crippen LogP contribution in [0.15, 0.2) is 11.0 Å². The highest BCUT2D eigenvalue weighted by Crippen LogP contribution is 1.89. The third-order valence-corrected chi connectivity index (χ3v) is 1.21. The van der Waals surface area contributed by atoms with E-state index in [2.05, 4.69) is 9.97 Å². The zero-order valence-corrected chi connectivity index (χ0v) is 5.72. The summed E-state index contributed by atoms with van der Waals surface area (Å²) in [6.07, 6.45) is 2.09. The predicted molar refractivity (Wildman–Crippen MR) is 38.6 cm³/mol. The van der Waals surface area contributed by atoms with Gasteiger partial charge in [-0.1, -0.05) is 6.92 Å². The number of hydrogen-bond donors (Lipinski definition) is 2. The monoisotopic (exact) mass is 139 g/mol. The zero-order valence-electron chi connectivity index (χ0n) is 5.72. The van der Waals surface area contributed by atoms with Gasteiger partial charge in [0.2, 0.25) is 0 Å². The summed E-state index contributed by atoms with van der Waals surface area (Å²) >= 11 is 0. The molecule has 0 fully saturated rings. The van der Waals surface area contributed by atoms with Crippen molar-refractivity contribution in [2.24, 2.45) is 0 Å². The maximum Gasteiger partial charge on any atom is 0.274 e. The summed E-state index contributed by atoms with van der Waals surface area (Å²) in [4.78, 5) is 17.2. The molecule has 1 aromatic heterocycles. The number of nitrogens with two attached hydrogens (primary N) is 1. The van der Waals surface area contributed by atoms with Crippen LogP contribution < -0.4 is 11.3 Å². The Morgan fingerprint density at radius 3 is 3.00 bits per heavy atom. The molecule has 0 unspecified atom stereocenters. The number of H-pyrrole nitrogens is 1. The summed E-state index contributed by atoms with van der Waals surface area (Å²) in [5.41, 5.74) is 5.14. The number of aromatic amines is 1. The number of nitrogens with zero attached hydrogens (tertiary/aromatic N) is 1. The van der Waals surface area contributed by atoms with E-state index in [1.54, 1.807) is 0 Å². The van der Waals surface area contributed by atoms with Gasteiger partial charge in [0.15, 0.2) is 0 Å². The van der Waals surface area contributed by atoms with Crippen molar-refractivity contribution in [3.8, 4) is 0 Å². The number of nitrogens with one attached hydrogen (secondary N) is 1. The molecule has 3 N–H and O–H groups in total. The Kier molecular flexibility index (Phi) is 1.71. The number of aromatic nitrogens is 2. The Morgan fingerprint density at radius 1 is 1.80 bits per heavy atom. The van der Waals surface area contributed by atoms with Crippen LogP contribution in [0.5, 0.6) is 0 Å². The van der Waals surface area contributed by atoms with Crippen LogP contribution in [0.2, 0.25) is 0 Å². The highest BCUT2D eigenvalue weighted by Gasteiger charge is 1.94. The van der Waals surface area contributed by atoms with Gasteiger partial charge in [-0.3, -0.25) is 4.79 Å². The van der Waals surface area contributed by atoms with Crippen LogP contribution in [0.25, 0.3) is 0 Å². The van der Waals surface area contributed by atoms with Gasteiger partial charge >= 0.3 is 0 Å². The number of aryl methyl sites for hydroxylation is 1. The molecular weight excluding hydrogens is 130 g/mol. The highest BCUT2D eigenvalue weighted by molar-refractivity contribution is 5.30. The molecule has 0 aliphatic carbocycles. The average Bonchev–Trinajstić information content (AvgIpc) is 1.95. The van der Waals surface area contributed by atoms with E-state index >= 15 is 0 Å². The van der Waals surface area contributed by atoms with Gasteiger partial charge < -0.3 is 10.7 Å². The molecule has 54 valence electrons. The molecule has 0 aliphatic heterocycles. The van der Waals surface area contributed by atoms with E-state index in [-0.39, 0.29) is 11.2 Å². The largest absolute Gasteiger partial charge is 0.393 e. The number of anilines is 1. The van der Waals surface area contributed by atoms with Crippen molar-refractivity contribution < 1.29 is 0 Å². The lowest BCUT2D eigenvalue weighted by Gasteiger charge is -1.94. The van der Waals surface area contributed by atoms with Crippen molar-refractivity contribution in [2.45, 2.75) is 13.3 Å². The molecule has 0 radical (unpaired) electrons. The van der Waals surface area contributed by atoms with E-state index in [0.717, 1.165) is 6.42 Å². The lowest BCUT2D eigenvalue weighted by molar-refractivity contribution is 0.923. The molecule has 0 saturated heterocycles. The Morgan fingerprint density at radius 2 is 2.50 bits per heavy atom. The van der Waals surface area contributed by atoms with E-state index in [1.165, 1.54) is 6.20 Å². The van der Waals surface area contributed by atoms with Crippen molar-refractivity contribution in [3.63, 3.8) is 0 Å². The minimum Gasteiger partial charge on any atom is -0.393 e. The first kappa shape index (κ1) is 6.80. The van der Waals surface area contributed by atoms with Crippen molar-refractivity contribution >= 4 is 5.69 Å². The van der Waals surface area contributed by atoms with E-state index in [4.69, 9.17) is 5.73 Å². The van der Waals surface area contributed by atoms with Gasteiger partial charge in [-0.05, 0) is 0 Å². The SMILES string of the molecule is CCc1ncc(N)c(=O)[nH]1. The standard InChI is InChI=1S/C6H9N3O/c1-2-5-8-3-4(7)6(10)9-5/h3H,2,7H2,1H3,(H,8,9,10). The normalized spacial score (nSPS) is 9.70. The van der Waals surface area contributed by atoms with Crippen LogP contribution in [-0.2, 0) is 6.42 Å². The molecular formula is C6H9N3O. The predicted octanol–water partition coefficient (Wildman–Crippen LogP) is -0.0855. The molecule has 1 aromatic rings. The first-order chi connectivity index (χ1) is 4.74. The van der Waals surface area contributed by atoms with Crippen LogP contribution in [0.3, 0.4) is 0 Å². The van der Waals surface area contributed by atoms with Crippen molar-refractivity contribution in [2.75, 3.05) is 5.73 Å². The Bertz CT molecular complexity index is 279. The van der Waals surface area contributed by atoms with Crippen molar-refractivity contribution in [3.05, 3.63) is 22.4 Å². The fraction of sp³-hybridized carbons (Fsp3) is 0.333. The molecule has 4 nitrogen and oxygen atoms in total. The maximum atomic E-state index is 10.8. The average molecular weight is 139 g/mol. The Balaban J connectivity index is 3.17. The second-order valence-electron chi connectivity index (χ2n) is 1.97. The van der Waals surface area contributed by atoms with Crippen molar-refractivity contribution in [1.29, 1.82) is 0 Å². The third-order valence-electron chi connectivity index (χ3n) is 1.21. The minimum atomic E-state index is -0.258. The quantitative estimate of drug-likeness (QED) is 0.571. The van der Waals surface area contributed by atoms with Gasteiger partial charge in [0.05, 0.1) is 6.20 Å². The summed E-state index contributed by atoms with van der Waals surface area (Å²) in [5.74, 6) is 0.666. The van der Waals surface area contributed by atoms with E-state index in [0.29, 0.717) is 5.82 Å². The maximum absolute atomic E-state index is 10.8. The Hall–Kier alpha value is -1.32. The molecule has 10 heavy (non-hydrogen) atoms. The molecule has 4 heteroatoms. The second-order valence-corrected chi connectivity index (χ2v) is 1.97. The van der Waals surface area contributed by atoms with Gasteiger partial charge in [0, 0.05) is 6.42 Å². The van der Waals surface area contributed by atoms with Crippen LogP contribution in [0, 0.1) is 0 Å². The van der Waals surface area contributed by atoms with Gasteiger partial charge in [-0.25, -0.2) is 4.98 Å². The summed E-state index contributed by atoms with van der Waals surface area (Å²) in [6.45, 7) is 1.91. The lowest BCUT2D eigenvalue weighted by Crippen LogP contribution is -2.14. The topological polar surface area (TPSA) is 71.8 Å². The van der Waals surface area contributed by atoms with Crippen LogP contribution in [0.4, 0.5) is 5.69 Å². The zero-order chi connectivity index (χ0) is 7.56. The van der Waals surface area contributed by atoms with Gasteiger partial charge in [-0.15, -0.1) is 0 Å². The molecule has 0 atom stereocenters. The highest BCUT2D eigenvalue weighted by atomic mass is 16.1. The minimum absolute atomic E-state index is 0.164. The summed E-state index contributed by atoms with van der Waals surface area (Å²) in [6, 6.07) is 0. The second kappa shape index (κ2) is 2.51. The molecule has 1 rings (SSSR count). The molecule has 0 spiro atoms. The summed E-state index contributed by atoms with van der Waals surface area (Å²) in [7, 11) is 0. The summed E-state index contributed by atoms with van der Waals surface area (Å²) < 4.78 is 0. The van der Waals surface area contributed by atoms with Crippen LogP contribution in [-0.4, -0.2) is 9.97 Å². The first-order valence-corrected chi connectivity index (χ1v) is 3.07. The van der Waals surface area contributed by atoms with Gasteiger partial charge in [0.1, 0.15) is 11.5 Å². The first-order valence-electron chi connectivity index (χ1n) is 3.07. The molecule has 0 saturated carbocycles. The van der Waals surface area contributed by atoms with Crippen LogP contribution >= 0.6 is 0 Å².